The zero-order valence-corrected chi connectivity index (χ0v) is 10.1. The zero-order chi connectivity index (χ0) is 12.3. The molecule has 90 valence electrons. The third kappa shape index (κ3) is 3.10. The summed E-state index contributed by atoms with van der Waals surface area (Å²) in [5.41, 5.74) is 0.168. The second-order valence-corrected chi connectivity index (χ2v) is 6.54. The van der Waals surface area contributed by atoms with Gasteiger partial charge in [-0.2, -0.15) is 0 Å². The number of hydrogen-bond acceptors (Lipinski definition) is 3. The van der Waals surface area contributed by atoms with E-state index in [1.165, 1.54) is 12.3 Å². The fourth-order valence-corrected chi connectivity index (χ4v) is 2.11. The van der Waals surface area contributed by atoms with E-state index in [1.807, 2.05) is 0 Å². The molecule has 0 fully saturated rings. The lowest BCUT2D eigenvalue weighted by Gasteiger charge is -2.07. The summed E-state index contributed by atoms with van der Waals surface area (Å²) in [6.45, 7) is 3.55. The quantitative estimate of drug-likeness (QED) is 0.840. The molecule has 1 aromatic heterocycles. The fraction of sp³-hybridized carbons (Fsp3) is 0.500. The summed E-state index contributed by atoms with van der Waals surface area (Å²) in [6.07, 6.45) is 3.00. The van der Waals surface area contributed by atoms with Crippen LogP contribution in [0.1, 0.15) is 24.2 Å². The highest BCUT2D eigenvalue weighted by atomic mass is 32.2. The number of carboxylic acid groups (broad SMARTS) is 1. The molecule has 1 rings (SSSR count). The maximum absolute atomic E-state index is 11.5. The van der Waals surface area contributed by atoms with E-state index < -0.39 is 21.1 Å². The lowest BCUT2D eigenvalue weighted by Crippen LogP contribution is -2.20. The highest BCUT2D eigenvalue weighted by Gasteiger charge is 2.15. The Morgan fingerprint density at radius 1 is 1.50 bits per heavy atom. The number of aryl methyl sites for hydroxylation is 1. The van der Waals surface area contributed by atoms with Gasteiger partial charge in [0.05, 0.1) is 16.6 Å². The molecular formula is C10H15NO4S. The van der Waals surface area contributed by atoms with Crippen molar-refractivity contribution in [3.63, 3.8) is 0 Å². The van der Waals surface area contributed by atoms with E-state index in [9.17, 15) is 13.2 Å². The number of sulfone groups is 1. The number of carbonyl (C=O) groups is 1. The van der Waals surface area contributed by atoms with Crippen molar-refractivity contribution in [3.05, 3.63) is 24.0 Å². The Morgan fingerprint density at radius 3 is 2.56 bits per heavy atom. The molecule has 0 aliphatic carbocycles. The first-order chi connectivity index (χ1) is 7.33. The van der Waals surface area contributed by atoms with Gasteiger partial charge in [0.1, 0.15) is 0 Å². The Kier molecular flexibility index (Phi) is 3.74. The normalized spacial score (nSPS) is 11.9. The summed E-state index contributed by atoms with van der Waals surface area (Å²) in [4.78, 5) is 10.6. The minimum Gasteiger partial charge on any atom is -0.478 e. The summed E-state index contributed by atoms with van der Waals surface area (Å²) in [5, 5.41) is 8.28. The van der Waals surface area contributed by atoms with Crippen molar-refractivity contribution >= 4 is 15.8 Å². The second-order valence-electron chi connectivity index (χ2n) is 3.86. The summed E-state index contributed by atoms with van der Waals surface area (Å²) in [5.74, 6) is -0.983. The van der Waals surface area contributed by atoms with Gasteiger partial charge in [0.15, 0.2) is 9.84 Å². The molecule has 0 atom stereocenters. The van der Waals surface area contributed by atoms with Crippen LogP contribution in [0.15, 0.2) is 18.5 Å². The number of rotatable bonds is 5. The molecule has 5 nitrogen and oxygen atoms in total. The van der Waals surface area contributed by atoms with Crippen molar-refractivity contribution in [2.24, 2.45) is 0 Å². The van der Waals surface area contributed by atoms with Gasteiger partial charge in [0.2, 0.25) is 0 Å². The molecule has 0 spiro atoms. The molecule has 1 N–H and O–H groups in total. The lowest BCUT2D eigenvalue weighted by molar-refractivity contribution is 0.0697. The van der Waals surface area contributed by atoms with Crippen LogP contribution in [0.4, 0.5) is 0 Å². The SMILES string of the molecule is CC(C)S(=O)(=O)CCn1ccc(C(=O)O)c1. The summed E-state index contributed by atoms with van der Waals surface area (Å²) < 4.78 is 24.6. The van der Waals surface area contributed by atoms with Crippen molar-refractivity contribution in [2.75, 3.05) is 5.75 Å². The number of nitrogens with zero attached hydrogens (tertiary/aromatic N) is 1. The molecule has 0 unspecified atom stereocenters. The predicted octanol–water partition coefficient (Wildman–Crippen LogP) is 1.01. The Bertz CT molecular complexity index is 473. The topological polar surface area (TPSA) is 76.4 Å². The van der Waals surface area contributed by atoms with Crippen molar-refractivity contribution in [2.45, 2.75) is 25.6 Å². The molecular weight excluding hydrogens is 230 g/mol. The van der Waals surface area contributed by atoms with Gasteiger partial charge in [-0.05, 0) is 19.9 Å². The first kappa shape index (κ1) is 12.8. The van der Waals surface area contributed by atoms with Crippen LogP contribution >= 0.6 is 0 Å². The first-order valence-corrected chi connectivity index (χ1v) is 6.65. The van der Waals surface area contributed by atoms with Gasteiger partial charge in [-0.25, -0.2) is 13.2 Å². The zero-order valence-electron chi connectivity index (χ0n) is 9.25. The van der Waals surface area contributed by atoms with Crippen molar-refractivity contribution in [1.29, 1.82) is 0 Å². The Morgan fingerprint density at radius 2 is 2.12 bits per heavy atom. The minimum absolute atomic E-state index is 0.0262. The third-order valence-corrected chi connectivity index (χ3v) is 4.54. The first-order valence-electron chi connectivity index (χ1n) is 4.93. The van der Waals surface area contributed by atoms with Crippen LogP contribution in [-0.4, -0.2) is 35.1 Å². The highest BCUT2D eigenvalue weighted by molar-refractivity contribution is 7.91. The van der Waals surface area contributed by atoms with Gasteiger partial charge in [0.25, 0.3) is 0 Å². The van der Waals surface area contributed by atoms with Gasteiger partial charge < -0.3 is 9.67 Å². The van der Waals surface area contributed by atoms with Crippen LogP contribution in [0.5, 0.6) is 0 Å². The summed E-state index contributed by atoms with van der Waals surface area (Å²) in [6, 6.07) is 1.45. The van der Waals surface area contributed by atoms with Crippen LogP contribution in [0.2, 0.25) is 0 Å². The maximum Gasteiger partial charge on any atom is 0.337 e. The van der Waals surface area contributed by atoms with Gasteiger partial charge >= 0.3 is 5.97 Å². The van der Waals surface area contributed by atoms with E-state index in [-0.39, 0.29) is 17.9 Å². The second kappa shape index (κ2) is 4.69. The van der Waals surface area contributed by atoms with Crippen LogP contribution in [0.3, 0.4) is 0 Å². The molecule has 0 saturated carbocycles. The van der Waals surface area contributed by atoms with Crippen LogP contribution < -0.4 is 0 Å². The fourth-order valence-electron chi connectivity index (χ4n) is 1.17. The molecule has 0 radical (unpaired) electrons. The predicted molar refractivity (Wildman–Crippen MR) is 60.3 cm³/mol. The van der Waals surface area contributed by atoms with E-state index in [1.54, 1.807) is 24.6 Å². The summed E-state index contributed by atoms with van der Waals surface area (Å²) in [7, 11) is -3.08. The third-order valence-electron chi connectivity index (χ3n) is 2.35. The number of carboxylic acids is 1. The smallest absolute Gasteiger partial charge is 0.337 e. The van der Waals surface area contributed by atoms with Gasteiger partial charge in [0, 0.05) is 18.9 Å². The minimum atomic E-state index is -3.08. The average molecular weight is 245 g/mol. The molecule has 1 heterocycles. The van der Waals surface area contributed by atoms with E-state index in [4.69, 9.17) is 5.11 Å². The van der Waals surface area contributed by atoms with Crippen molar-refractivity contribution in [1.82, 2.24) is 4.57 Å². The van der Waals surface area contributed by atoms with Gasteiger partial charge in [-0.15, -0.1) is 0 Å². The van der Waals surface area contributed by atoms with E-state index in [2.05, 4.69) is 0 Å². The molecule has 0 aromatic carbocycles. The number of aromatic nitrogens is 1. The van der Waals surface area contributed by atoms with Gasteiger partial charge in [-0.3, -0.25) is 0 Å². The van der Waals surface area contributed by atoms with Crippen LogP contribution in [0, 0.1) is 0 Å². The Labute approximate surface area is 94.6 Å². The molecule has 1 aromatic rings. The monoisotopic (exact) mass is 245 g/mol. The van der Waals surface area contributed by atoms with E-state index in [0.717, 1.165) is 0 Å². The molecule has 0 aliphatic rings. The summed E-state index contributed by atoms with van der Waals surface area (Å²) >= 11 is 0. The van der Waals surface area contributed by atoms with Crippen molar-refractivity contribution in [3.8, 4) is 0 Å². The Hall–Kier alpha value is -1.30. The molecule has 0 amide bonds. The molecule has 6 heteroatoms. The number of aromatic carboxylic acids is 1. The average Bonchev–Trinajstić information content (AvgIpc) is 2.63. The molecule has 0 aliphatic heterocycles. The van der Waals surface area contributed by atoms with E-state index >= 15 is 0 Å². The molecule has 16 heavy (non-hydrogen) atoms. The number of hydrogen-bond donors (Lipinski definition) is 1. The van der Waals surface area contributed by atoms with Crippen molar-refractivity contribution < 1.29 is 18.3 Å². The molecule has 0 saturated heterocycles. The van der Waals surface area contributed by atoms with Crippen LogP contribution in [-0.2, 0) is 16.4 Å². The highest BCUT2D eigenvalue weighted by Crippen LogP contribution is 2.05. The molecule has 0 bridgehead atoms. The van der Waals surface area contributed by atoms with E-state index in [0.29, 0.717) is 0 Å². The maximum atomic E-state index is 11.5. The van der Waals surface area contributed by atoms with Crippen LogP contribution in [0.25, 0.3) is 0 Å². The lowest BCUT2D eigenvalue weighted by atomic mass is 10.4. The largest absolute Gasteiger partial charge is 0.478 e. The Balaban J connectivity index is 2.65. The standard InChI is InChI=1S/C10H15NO4S/c1-8(2)16(14,15)6-5-11-4-3-9(7-11)10(12)13/h3-4,7-8H,5-6H2,1-2H3,(H,12,13). The van der Waals surface area contributed by atoms with Gasteiger partial charge in [-0.1, -0.05) is 0 Å².